The summed E-state index contributed by atoms with van der Waals surface area (Å²) in [6.45, 7) is 6.44. The van der Waals surface area contributed by atoms with Gasteiger partial charge in [-0.15, -0.1) is 0 Å². The molecule has 1 aromatic rings. The second-order valence-corrected chi connectivity index (χ2v) is 10.2. The van der Waals surface area contributed by atoms with E-state index >= 15 is 0 Å². The lowest BCUT2D eigenvalue weighted by atomic mass is 9.75. The fourth-order valence-electron chi connectivity index (χ4n) is 5.73. The highest BCUT2D eigenvalue weighted by molar-refractivity contribution is 5.97. The fraction of sp³-hybridized carbons (Fsp3) is 0.704. The molecule has 4 heterocycles. The summed E-state index contributed by atoms with van der Waals surface area (Å²) >= 11 is 0. The highest BCUT2D eigenvalue weighted by Gasteiger charge is 2.36. The van der Waals surface area contributed by atoms with Crippen molar-refractivity contribution in [2.75, 3.05) is 66.1 Å². The van der Waals surface area contributed by atoms with Gasteiger partial charge in [-0.25, -0.2) is 0 Å². The molecule has 0 spiro atoms. The molecule has 2 amide bonds. The van der Waals surface area contributed by atoms with E-state index in [1.165, 1.54) is 19.3 Å². The van der Waals surface area contributed by atoms with Gasteiger partial charge in [-0.3, -0.25) is 14.5 Å². The number of nitrogens with zero attached hydrogens (tertiary/aromatic N) is 3. The summed E-state index contributed by atoms with van der Waals surface area (Å²) < 4.78 is 11.7. The van der Waals surface area contributed by atoms with Gasteiger partial charge in [-0.05, 0) is 69.2 Å². The number of fused-ring (bicyclic) bond motifs is 9. The third kappa shape index (κ3) is 6.30. The van der Waals surface area contributed by atoms with Crippen molar-refractivity contribution in [3.8, 4) is 5.75 Å². The first-order valence-corrected chi connectivity index (χ1v) is 13.1. The van der Waals surface area contributed by atoms with Crippen molar-refractivity contribution >= 4 is 11.8 Å². The minimum Gasteiger partial charge on any atom is -0.491 e. The molecule has 0 atom stereocenters. The SMILES string of the molecule is COCC12CCCCN(C(=O)CN3CCCCC3)CCOc3ccccc3C(=O)N(CC1)CC2. The second-order valence-electron chi connectivity index (χ2n) is 10.2. The molecule has 34 heavy (non-hydrogen) atoms. The molecule has 0 radical (unpaired) electrons. The van der Waals surface area contributed by atoms with Gasteiger partial charge >= 0.3 is 0 Å². The number of hydrogen-bond donors (Lipinski definition) is 0. The maximum Gasteiger partial charge on any atom is 0.257 e. The number of piperidine rings is 2. The van der Waals surface area contributed by atoms with Crippen LogP contribution in [0.25, 0.3) is 0 Å². The lowest BCUT2D eigenvalue weighted by molar-refractivity contribution is -0.133. The molecule has 188 valence electrons. The molecule has 1 aromatic carbocycles. The van der Waals surface area contributed by atoms with E-state index in [2.05, 4.69) is 4.90 Å². The Morgan fingerprint density at radius 3 is 2.44 bits per heavy atom. The average molecular weight is 472 g/mol. The number of methoxy groups -OCH3 is 1. The number of amides is 2. The van der Waals surface area contributed by atoms with E-state index < -0.39 is 0 Å². The Balaban J connectivity index is 1.49. The van der Waals surface area contributed by atoms with Gasteiger partial charge in [-0.1, -0.05) is 25.0 Å². The monoisotopic (exact) mass is 471 g/mol. The van der Waals surface area contributed by atoms with Crippen molar-refractivity contribution in [3.63, 3.8) is 0 Å². The summed E-state index contributed by atoms with van der Waals surface area (Å²) in [4.78, 5) is 32.8. The first-order chi connectivity index (χ1) is 16.6. The van der Waals surface area contributed by atoms with Gasteiger partial charge in [0.25, 0.3) is 5.91 Å². The van der Waals surface area contributed by atoms with E-state index in [-0.39, 0.29) is 17.2 Å². The van der Waals surface area contributed by atoms with Gasteiger partial charge < -0.3 is 19.3 Å². The van der Waals surface area contributed by atoms with Crippen LogP contribution in [0, 0.1) is 5.41 Å². The Morgan fingerprint density at radius 1 is 0.941 bits per heavy atom. The summed E-state index contributed by atoms with van der Waals surface area (Å²) in [6.07, 6.45) is 8.65. The average Bonchev–Trinajstić information content (AvgIpc) is 2.87. The van der Waals surface area contributed by atoms with Crippen molar-refractivity contribution in [1.29, 1.82) is 0 Å². The number of likely N-dealkylation sites (tertiary alicyclic amines) is 1. The maximum absolute atomic E-state index is 13.3. The van der Waals surface area contributed by atoms with Crippen molar-refractivity contribution in [1.82, 2.24) is 14.7 Å². The third-order valence-corrected chi connectivity index (χ3v) is 7.84. The molecule has 7 heteroatoms. The molecule has 2 fully saturated rings. The number of para-hydroxylation sites is 1. The molecule has 0 unspecified atom stereocenters. The first kappa shape index (κ1) is 25.0. The molecular formula is C27H41N3O4. The molecule has 7 nitrogen and oxygen atoms in total. The maximum atomic E-state index is 13.3. The molecule has 0 aliphatic carbocycles. The Labute approximate surface area is 204 Å². The first-order valence-electron chi connectivity index (χ1n) is 13.1. The Kier molecular flexibility index (Phi) is 8.84. The molecule has 2 bridgehead atoms. The van der Waals surface area contributed by atoms with Crippen LogP contribution in [0.5, 0.6) is 5.75 Å². The van der Waals surface area contributed by atoms with Crippen molar-refractivity contribution in [2.24, 2.45) is 5.41 Å². The van der Waals surface area contributed by atoms with Crippen LogP contribution in [0.2, 0.25) is 0 Å². The zero-order valence-electron chi connectivity index (χ0n) is 20.8. The zero-order chi connectivity index (χ0) is 23.8. The standard InChI is InChI=1S/C27H41N3O4/c1-33-22-27-11-5-8-16-29(25(31)21-28-14-6-2-7-15-28)19-20-34-24-10-4-3-9-23(24)26(32)30(17-12-27)18-13-27/h3-4,9-10H,2,5-8,11-22H2,1H3. The molecular weight excluding hydrogens is 430 g/mol. The van der Waals surface area contributed by atoms with Crippen LogP contribution in [0.15, 0.2) is 24.3 Å². The second kappa shape index (κ2) is 12.0. The van der Waals surface area contributed by atoms with Crippen molar-refractivity contribution in [3.05, 3.63) is 29.8 Å². The topological polar surface area (TPSA) is 62.3 Å². The Hall–Kier alpha value is -2.12. The van der Waals surface area contributed by atoms with Crippen LogP contribution < -0.4 is 4.74 Å². The van der Waals surface area contributed by atoms with Gasteiger partial charge in [0.1, 0.15) is 12.4 Å². The Morgan fingerprint density at radius 2 is 1.68 bits per heavy atom. The van der Waals surface area contributed by atoms with Gasteiger partial charge in [0, 0.05) is 26.7 Å². The van der Waals surface area contributed by atoms with Crippen LogP contribution in [0.1, 0.15) is 61.7 Å². The largest absolute Gasteiger partial charge is 0.491 e. The van der Waals surface area contributed by atoms with Gasteiger partial charge in [0.05, 0.1) is 25.3 Å². The molecule has 0 aromatic heterocycles. The van der Waals surface area contributed by atoms with Crippen LogP contribution in [-0.2, 0) is 9.53 Å². The summed E-state index contributed by atoms with van der Waals surface area (Å²) in [5, 5.41) is 0. The summed E-state index contributed by atoms with van der Waals surface area (Å²) in [6, 6.07) is 7.51. The quantitative estimate of drug-likeness (QED) is 0.673. The van der Waals surface area contributed by atoms with Crippen LogP contribution >= 0.6 is 0 Å². The molecule has 0 N–H and O–H groups in total. The normalized spacial score (nSPS) is 22.4. The minimum atomic E-state index is 0.0366. The number of rotatable bonds is 4. The molecule has 4 aliphatic rings. The lowest BCUT2D eigenvalue weighted by Gasteiger charge is -2.41. The highest BCUT2D eigenvalue weighted by Crippen LogP contribution is 2.38. The number of carbonyl (C=O) groups is 2. The summed E-state index contributed by atoms with van der Waals surface area (Å²) in [7, 11) is 1.77. The van der Waals surface area contributed by atoms with Crippen LogP contribution in [-0.4, -0.2) is 92.7 Å². The number of ether oxygens (including phenoxy) is 2. The predicted octanol–water partition coefficient (Wildman–Crippen LogP) is 3.43. The number of benzene rings is 1. The molecule has 2 saturated heterocycles. The summed E-state index contributed by atoms with van der Waals surface area (Å²) in [5.41, 5.74) is 0.729. The van der Waals surface area contributed by atoms with E-state index in [0.717, 1.165) is 71.4 Å². The predicted molar refractivity (Wildman–Crippen MR) is 132 cm³/mol. The molecule has 4 aliphatic heterocycles. The highest BCUT2D eigenvalue weighted by atomic mass is 16.5. The molecule has 0 saturated carbocycles. The van der Waals surface area contributed by atoms with E-state index in [4.69, 9.17) is 9.47 Å². The van der Waals surface area contributed by atoms with E-state index in [1.54, 1.807) is 7.11 Å². The van der Waals surface area contributed by atoms with Crippen molar-refractivity contribution in [2.45, 2.75) is 51.4 Å². The van der Waals surface area contributed by atoms with E-state index in [0.29, 0.717) is 31.0 Å². The smallest absolute Gasteiger partial charge is 0.257 e. The van der Waals surface area contributed by atoms with Crippen LogP contribution in [0.3, 0.4) is 0 Å². The van der Waals surface area contributed by atoms with Gasteiger partial charge in [0.15, 0.2) is 0 Å². The van der Waals surface area contributed by atoms with E-state index in [9.17, 15) is 9.59 Å². The third-order valence-electron chi connectivity index (χ3n) is 7.84. The summed E-state index contributed by atoms with van der Waals surface area (Å²) in [5.74, 6) is 0.840. The zero-order valence-corrected chi connectivity index (χ0v) is 20.8. The van der Waals surface area contributed by atoms with Crippen LogP contribution in [0.4, 0.5) is 0 Å². The number of hydrogen-bond acceptors (Lipinski definition) is 5. The lowest BCUT2D eigenvalue weighted by Crippen LogP contribution is -2.45. The van der Waals surface area contributed by atoms with Gasteiger partial charge in [0.2, 0.25) is 5.91 Å². The molecule has 5 rings (SSSR count). The fourth-order valence-corrected chi connectivity index (χ4v) is 5.73. The Bertz CT molecular complexity index is 816. The van der Waals surface area contributed by atoms with Gasteiger partial charge in [-0.2, -0.15) is 0 Å². The minimum absolute atomic E-state index is 0.0366. The number of carbonyl (C=O) groups excluding carboxylic acids is 2. The van der Waals surface area contributed by atoms with E-state index in [1.807, 2.05) is 34.1 Å². The van der Waals surface area contributed by atoms with Crippen molar-refractivity contribution < 1.29 is 19.1 Å².